The van der Waals surface area contributed by atoms with Gasteiger partial charge in [0.05, 0.1) is 0 Å². The summed E-state index contributed by atoms with van der Waals surface area (Å²) in [5.41, 5.74) is 0.226. The van der Waals surface area contributed by atoms with Crippen LogP contribution in [0.1, 0.15) is 46.0 Å². The molecule has 1 N–H and O–H groups in total. The molecule has 0 heterocycles. The minimum absolute atomic E-state index is 0.226. The molecule has 1 aliphatic carbocycles. The third kappa shape index (κ3) is 2.96. The van der Waals surface area contributed by atoms with Crippen LogP contribution in [0.4, 0.5) is 0 Å². The quantitative estimate of drug-likeness (QED) is 0.734. The van der Waals surface area contributed by atoms with Crippen molar-refractivity contribution in [2.75, 3.05) is 26.2 Å². The topological polar surface area (TPSA) is 23.5 Å². The lowest BCUT2D eigenvalue weighted by atomic mass is 9.74. The lowest BCUT2D eigenvalue weighted by Gasteiger charge is -2.39. The summed E-state index contributed by atoms with van der Waals surface area (Å²) in [7, 11) is 0. The first-order chi connectivity index (χ1) is 6.76. The average molecular weight is 199 g/mol. The fourth-order valence-electron chi connectivity index (χ4n) is 2.59. The van der Waals surface area contributed by atoms with E-state index in [0.717, 1.165) is 19.6 Å². The van der Waals surface area contributed by atoms with Gasteiger partial charge in [-0.3, -0.25) is 0 Å². The zero-order chi connectivity index (χ0) is 10.4. The zero-order valence-corrected chi connectivity index (χ0v) is 9.76. The first-order valence-electron chi connectivity index (χ1n) is 6.09. The summed E-state index contributed by atoms with van der Waals surface area (Å²) in [4.78, 5) is 2.45. The van der Waals surface area contributed by atoms with Crippen LogP contribution in [-0.2, 0) is 0 Å². The van der Waals surface area contributed by atoms with Crippen LogP contribution < -0.4 is 0 Å². The molecule has 0 aromatic heterocycles. The summed E-state index contributed by atoms with van der Waals surface area (Å²) in [5, 5.41) is 9.55. The largest absolute Gasteiger partial charge is 0.396 e. The summed E-state index contributed by atoms with van der Waals surface area (Å²) < 4.78 is 0. The van der Waals surface area contributed by atoms with Crippen molar-refractivity contribution in [2.24, 2.45) is 5.41 Å². The van der Waals surface area contributed by atoms with Crippen LogP contribution in [0, 0.1) is 5.41 Å². The maximum absolute atomic E-state index is 9.55. The molecule has 0 spiro atoms. The molecule has 14 heavy (non-hydrogen) atoms. The van der Waals surface area contributed by atoms with Crippen LogP contribution in [0.5, 0.6) is 0 Å². The third-order valence-electron chi connectivity index (χ3n) is 3.70. The summed E-state index contributed by atoms with van der Waals surface area (Å²) in [6.45, 7) is 8.10. The molecule has 0 bridgehead atoms. The molecule has 0 saturated heterocycles. The predicted molar refractivity (Wildman–Crippen MR) is 60.4 cm³/mol. The van der Waals surface area contributed by atoms with Gasteiger partial charge in [0, 0.05) is 18.6 Å². The van der Waals surface area contributed by atoms with Gasteiger partial charge in [0.15, 0.2) is 0 Å². The van der Waals surface area contributed by atoms with Crippen molar-refractivity contribution >= 4 is 0 Å². The third-order valence-corrected chi connectivity index (χ3v) is 3.70. The number of aliphatic hydroxyl groups is 1. The molecular weight excluding hydrogens is 174 g/mol. The molecule has 1 saturated carbocycles. The summed E-state index contributed by atoms with van der Waals surface area (Å²) in [5.74, 6) is 0. The van der Waals surface area contributed by atoms with Gasteiger partial charge in [-0.05, 0) is 25.9 Å². The van der Waals surface area contributed by atoms with Crippen molar-refractivity contribution in [1.82, 2.24) is 4.90 Å². The van der Waals surface area contributed by atoms with Gasteiger partial charge in [0.2, 0.25) is 0 Å². The minimum atomic E-state index is 0.226. The van der Waals surface area contributed by atoms with E-state index in [-0.39, 0.29) is 5.41 Å². The first kappa shape index (κ1) is 12.0. The first-order valence-corrected chi connectivity index (χ1v) is 6.09. The maximum atomic E-state index is 9.55. The van der Waals surface area contributed by atoms with Crippen LogP contribution in [0.2, 0.25) is 0 Å². The van der Waals surface area contributed by atoms with E-state index in [0.29, 0.717) is 6.61 Å². The lowest BCUT2D eigenvalue weighted by molar-refractivity contribution is 0.0437. The Bertz CT molecular complexity index is 148. The monoisotopic (exact) mass is 199 g/mol. The molecule has 0 aliphatic heterocycles. The Hall–Kier alpha value is -0.0800. The minimum Gasteiger partial charge on any atom is -0.396 e. The van der Waals surface area contributed by atoms with Gasteiger partial charge in [-0.25, -0.2) is 0 Å². The van der Waals surface area contributed by atoms with E-state index < -0.39 is 0 Å². The maximum Gasteiger partial charge on any atom is 0.0499 e. The Morgan fingerprint density at radius 1 is 1.07 bits per heavy atom. The average Bonchev–Trinajstić information content (AvgIpc) is 2.27. The SMILES string of the molecule is CCN(CC)CC1(CO)CCCCC1. The van der Waals surface area contributed by atoms with Crippen molar-refractivity contribution in [2.45, 2.75) is 46.0 Å². The molecule has 1 fully saturated rings. The highest BCUT2D eigenvalue weighted by Crippen LogP contribution is 2.36. The van der Waals surface area contributed by atoms with Crippen LogP contribution in [0.25, 0.3) is 0 Å². The number of nitrogens with zero attached hydrogens (tertiary/aromatic N) is 1. The summed E-state index contributed by atoms with van der Waals surface area (Å²) in [6, 6.07) is 0. The van der Waals surface area contributed by atoms with Gasteiger partial charge < -0.3 is 10.0 Å². The van der Waals surface area contributed by atoms with Crippen LogP contribution in [-0.4, -0.2) is 36.2 Å². The van der Waals surface area contributed by atoms with Gasteiger partial charge >= 0.3 is 0 Å². The highest BCUT2D eigenvalue weighted by atomic mass is 16.3. The van der Waals surface area contributed by atoms with E-state index in [1.165, 1.54) is 32.1 Å². The van der Waals surface area contributed by atoms with Crippen LogP contribution >= 0.6 is 0 Å². The normalized spacial score (nSPS) is 21.4. The highest BCUT2D eigenvalue weighted by Gasteiger charge is 2.32. The Balaban J connectivity index is 2.50. The Morgan fingerprint density at radius 3 is 2.07 bits per heavy atom. The standard InChI is InChI=1S/C12H25NO/c1-3-13(4-2)10-12(11-14)8-6-5-7-9-12/h14H,3-11H2,1-2H3. The molecule has 0 aromatic rings. The van der Waals surface area contributed by atoms with E-state index in [4.69, 9.17) is 0 Å². The fraction of sp³-hybridized carbons (Fsp3) is 1.00. The molecule has 0 amide bonds. The number of hydrogen-bond donors (Lipinski definition) is 1. The number of aliphatic hydroxyl groups excluding tert-OH is 1. The van der Waals surface area contributed by atoms with Crippen molar-refractivity contribution in [3.63, 3.8) is 0 Å². The second-order valence-electron chi connectivity index (χ2n) is 4.68. The number of hydrogen-bond acceptors (Lipinski definition) is 2. The van der Waals surface area contributed by atoms with Crippen LogP contribution in [0.15, 0.2) is 0 Å². The second-order valence-corrected chi connectivity index (χ2v) is 4.68. The molecule has 0 unspecified atom stereocenters. The van der Waals surface area contributed by atoms with Gasteiger partial charge in [-0.2, -0.15) is 0 Å². The smallest absolute Gasteiger partial charge is 0.0499 e. The molecule has 84 valence electrons. The van der Waals surface area contributed by atoms with Crippen molar-refractivity contribution in [3.8, 4) is 0 Å². The van der Waals surface area contributed by atoms with E-state index in [9.17, 15) is 5.11 Å². The molecule has 1 aliphatic rings. The molecule has 2 nitrogen and oxygen atoms in total. The van der Waals surface area contributed by atoms with E-state index in [1.54, 1.807) is 0 Å². The summed E-state index contributed by atoms with van der Waals surface area (Å²) in [6.07, 6.45) is 6.42. The lowest BCUT2D eigenvalue weighted by Crippen LogP contribution is -2.41. The van der Waals surface area contributed by atoms with Gasteiger partial charge in [0.25, 0.3) is 0 Å². The number of rotatable bonds is 5. The van der Waals surface area contributed by atoms with E-state index in [2.05, 4.69) is 18.7 Å². The Morgan fingerprint density at radius 2 is 1.64 bits per heavy atom. The molecule has 1 rings (SSSR count). The zero-order valence-electron chi connectivity index (χ0n) is 9.76. The Labute approximate surface area is 88.3 Å². The second kappa shape index (κ2) is 5.72. The summed E-state index contributed by atoms with van der Waals surface area (Å²) >= 11 is 0. The van der Waals surface area contributed by atoms with Crippen molar-refractivity contribution < 1.29 is 5.11 Å². The molecule has 0 aromatic carbocycles. The van der Waals surface area contributed by atoms with Crippen LogP contribution in [0.3, 0.4) is 0 Å². The molecule has 0 radical (unpaired) electrons. The predicted octanol–water partition coefficient (Wildman–Crippen LogP) is 2.27. The van der Waals surface area contributed by atoms with Crippen molar-refractivity contribution in [3.05, 3.63) is 0 Å². The van der Waals surface area contributed by atoms with E-state index >= 15 is 0 Å². The van der Waals surface area contributed by atoms with E-state index in [1.807, 2.05) is 0 Å². The fourth-order valence-corrected chi connectivity index (χ4v) is 2.59. The molecule has 0 atom stereocenters. The van der Waals surface area contributed by atoms with Gasteiger partial charge in [-0.15, -0.1) is 0 Å². The molecular formula is C12H25NO. The Kier molecular flexibility index (Phi) is 4.90. The molecule has 2 heteroatoms. The van der Waals surface area contributed by atoms with Gasteiger partial charge in [0.1, 0.15) is 0 Å². The highest BCUT2D eigenvalue weighted by molar-refractivity contribution is 4.85. The van der Waals surface area contributed by atoms with Gasteiger partial charge in [-0.1, -0.05) is 33.1 Å². The van der Waals surface area contributed by atoms with Crippen molar-refractivity contribution in [1.29, 1.82) is 0 Å².